The molecule has 0 saturated carbocycles. The SMILES string of the molecule is CCCCCCCCCCCCCCCCCC(C)CCCCCCCCCCCCCCCC.CNC. The predicted molar refractivity (Wildman–Crippen MR) is 179 cm³/mol. The standard InChI is InChI=1S/C35H72.C2H7N/c1-4-6-8-10-12-14-16-18-20-22-24-26-28-30-32-34-35(3)33-31-29-27-25-23-21-19-17-15-13-11-9-7-5-2;1-3-2/h35H,4-34H2,1-3H3;3H,1-2H3. The van der Waals surface area contributed by atoms with Crippen molar-refractivity contribution in [1.29, 1.82) is 0 Å². The number of rotatable bonds is 31. The summed E-state index contributed by atoms with van der Waals surface area (Å²) in [5.74, 6) is 0.967. The second-order valence-corrected chi connectivity index (χ2v) is 12.7. The summed E-state index contributed by atoms with van der Waals surface area (Å²) in [5, 5.41) is 2.75. The van der Waals surface area contributed by atoms with Crippen molar-refractivity contribution in [1.82, 2.24) is 5.32 Å². The van der Waals surface area contributed by atoms with Gasteiger partial charge in [-0.05, 0) is 20.0 Å². The molecule has 38 heavy (non-hydrogen) atoms. The van der Waals surface area contributed by atoms with Crippen LogP contribution in [0.15, 0.2) is 0 Å². The number of unbranched alkanes of at least 4 members (excludes halogenated alkanes) is 27. The summed E-state index contributed by atoms with van der Waals surface area (Å²) in [7, 11) is 3.75. The highest BCUT2D eigenvalue weighted by molar-refractivity contribution is 4.56. The minimum atomic E-state index is 0.967. The zero-order valence-electron chi connectivity index (χ0n) is 28.0. The molecule has 0 rings (SSSR count). The Morgan fingerprint density at radius 3 is 0.658 bits per heavy atom. The Kier molecular flexibility index (Phi) is 41.3. The van der Waals surface area contributed by atoms with Gasteiger partial charge in [0, 0.05) is 0 Å². The lowest BCUT2D eigenvalue weighted by molar-refractivity contribution is 0.429. The summed E-state index contributed by atoms with van der Waals surface area (Å²) < 4.78 is 0. The summed E-state index contributed by atoms with van der Waals surface area (Å²) in [6, 6.07) is 0. The minimum absolute atomic E-state index is 0.967. The lowest BCUT2D eigenvalue weighted by atomic mass is 9.95. The van der Waals surface area contributed by atoms with Crippen molar-refractivity contribution >= 4 is 0 Å². The second kappa shape index (κ2) is 39.1. The molecule has 0 aliphatic heterocycles. The fourth-order valence-corrected chi connectivity index (χ4v) is 5.70. The van der Waals surface area contributed by atoms with Crippen LogP contribution in [0.2, 0.25) is 0 Å². The highest BCUT2D eigenvalue weighted by atomic mass is 14.7. The molecule has 0 fully saturated rings. The van der Waals surface area contributed by atoms with Gasteiger partial charge in [0.15, 0.2) is 0 Å². The van der Waals surface area contributed by atoms with E-state index in [4.69, 9.17) is 0 Å². The van der Waals surface area contributed by atoms with Gasteiger partial charge in [0.2, 0.25) is 0 Å². The molecular weight excluding hydrogens is 458 g/mol. The highest BCUT2D eigenvalue weighted by Crippen LogP contribution is 2.19. The van der Waals surface area contributed by atoms with Crippen LogP contribution in [0.1, 0.15) is 220 Å². The molecule has 0 aliphatic rings. The summed E-state index contributed by atoms with van der Waals surface area (Å²) in [6.07, 6.45) is 45.7. The van der Waals surface area contributed by atoms with Crippen LogP contribution < -0.4 is 5.32 Å². The van der Waals surface area contributed by atoms with E-state index in [2.05, 4.69) is 26.1 Å². The molecule has 0 aromatic heterocycles. The quantitative estimate of drug-likeness (QED) is 0.0867. The van der Waals surface area contributed by atoms with E-state index in [0.717, 1.165) is 5.92 Å². The van der Waals surface area contributed by atoms with E-state index in [9.17, 15) is 0 Å². The Hall–Kier alpha value is -0.0400. The van der Waals surface area contributed by atoms with Gasteiger partial charge < -0.3 is 5.32 Å². The molecular formula is C37H79N. The third-order valence-corrected chi connectivity index (χ3v) is 8.35. The monoisotopic (exact) mass is 538 g/mol. The highest BCUT2D eigenvalue weighted by Gasteiger charge is 2.02. The Bertz CT molecular complexity index is 366. The van der Waals surface area contributed by atoms with Gasteiger partial charge in [-0.3, -0.25) is 0 Å². The van der Waals surface area contributed by atoms with E-state index in [1.54, 1.807) is 0 Å². The number of nitrogens with one attached hydrogen (secondary N) is 1. The fourth-order valence-electron chi connectivity index (χ4n) is 5.70. The molecule has 0 aromatic carbocycles. The van der Waals surface area contributed by atoms with E-state index in [1.807, 2.05) is 14.1 Å². The van der Waals surface area contributed by atoms with Gasteiger partial charge in [0.1, 0.15) is 0 Å². The molecule has 1 heteroatoms. The van der Waals surface area contributed by atoms with Crippen molar-refractivity contribution in [3.05, 3.63) is 0 Å². The minimum Gasteiger partial charge on any atom is -0.323 e. The van der Waals surface area contributed by atoms with Gasteiger partial charge in [-0.2, -0.15) is 0 Å². The van der Waals surface area contributed by atoms with Crippen molar-refractivity contribution in [3.63, 3.8) is 0 Å². The van der Waals surface area contributed by atoms with Crippen molar-refractivity contribution in [2.45, 2.75) is 220 Å². The molecule has 0 heterocycles. The van der Waals surface area contributed by atoms with Crippen LogP contribution in [-0.4, -0.2) is 14.1 Å². The maximum atomic E-state index is 2.75. The molecule has 232 valence electrons. The van der Waals surface area contributed by atoms with Gasteiger partial charge in [0.05, 0.1) is 0 Å². The Balaban J connectivity index is 0. The summed E-state index contributed by atoms with van der Waals surface area (Å²) in [4.78, 5) is 0. The molecule has 1 N–H and O–H groups in total. The number of hydrogen-bond donors (Lipinski definition) is 1. The zero-order chi connectivity index (χ0) is 28.2. The first-order chi connectivity index (χ1) is 18.7. The van der Waals surface area contributed by atoms with Crippen molar-refractivity contribution in [2.75, 3.05) is 14.1 Å². The van der Waals surface area contributed by atoms with E-state index in [-0.39, 0.29) is 0 Å². The fraction of sp³-hybridized carbons (Fsp3) is 1.00. The first-order valence-corrected chi connectivity index (χ1v) is 18.3. The van der Waals surface area contributed by atoms with Gasteiger partial charge >= 0.3 is 0 Å². The molecule has 0 spiro atoms. The van der Waals surface area contributed by atoms with E-state index in [1.165, 1.54) is 199 Å². The van der Waals surface area contributed by atoms with Crippen LogP contribution in [0.4, 0.5) is 0 Å². The average Bonchev–Trinajstić information content (AvgIpc) is 2.91. The molecule has 0 aromatic rings. The van der Waals surface area contributed by atoms with Crippen LogP contribution in [0.3, 0.4) is 0 Å². The average molecular weight is 538 g/mol. The lowest BCUT2D eigenvalue weighted by Gasteiger charge is -2.11. The van der Waals surface area contributed by atoms with Gasteiger partial charge in [0.25, 0.3) is 0 Å². The zero-order valence-corrected chi connectivity index (χ0v) is 28.0. The normalized spacial score (nSPS) is 11.9. The Morgan fingerprint density at radius 2 is 0.474 bits per heavy atom. The van der Waals surface area contributed by atoms with Gasteiger partial charge in [-0.15, -0.1) is 0 Å². The maximum absolute atomic E-state index is 2.75. The first-order valence-electron chi connectivity index (χ1n) is 18.3. The summed E-state index contributed by atoms with van der Waals surface area (Å²) in [5.41, 5.74) is 0. The van der Waals surface area contributed by atoms with Crippen LogP contribution in [0, 0.1) is 5.92 Å². The molecule has 0 aliphatic carbocycles. The topological polar surface area (TPSA) is 12.0 Å². The van der Waals surface area contributed by atoms with Gasteiger partial charge in [-0.1, -0.05) is 220 Å². The molecule has 0 amide bonds. The smallest absolute Gasteiger partial charge is 0.0167 e. The summed E-state index contributed by atoms with van der Waals surface area (Å²) in [6.45, 7) is 7.12. The van der Waals surface area contributed by atoms with E-state index < -0.39 is 0 Å². The van der Waals surface area contributed by atoms with E-state index in [0.29, 0.717) is 0 Å². The number of hydrogen-bond acceptors (Lipinski definition) is 1. The van der Waals surface area contributed by atoms with E-state index >= 15 is 0 Å². The van der Waals surface area contributed by atoms with Crippen LogP contribution in [-0.2, 0) is 0 Å². The third kappa shape index (κ3) is 40.5. The van der Waals surface area contributed by atoms with Crippen molar-refractivity contribution < 1.29 is 0 Å². The Morgan fingerprint density at radius 1 is 0.316 bits per heavy atom. The molecule has 0 bridgehead atoms. The predicted octanol–water partition coefficient (Wildman–Crippen LogP) is 13.6. The van der Waals surface area contributed by atoms with Crippen LogP contribution >= 0.6 is 0 Å². The largest absolute Gasteiger partial charge is 0.323 e. The maximum Gasteiger partial charge on any atom is -0.0167 e. The van der Waals surface area contributed by atoms with Gasteiger partial charge in [-0.25, -0.2) is 0 Å². The molecule has 1 unspecified atom stereocenters. The third-order valence-electron chi connectivity index (χ3n) is 8.35. The molecule has 0 saturated heterocycles. The second-order valence-electron chi connectivity index (χ2n) is 12.7. The molecule has 1 atom stereocenters. The molecule has 1 nitrogen and oxygen atoms in total. The van der Waals surface area contributed by atoms with Crippen LogP contribution in [0.25, 0.3) is 0 Å². The van der Waals surface area contributed by atoms with Crippen molar-refractivity contribution in [2.24, 2.45) is 5.92 Å². The summed E-state index contributed by atoms with van der Waals surface area (Å²) >= 11 is 0. The first kappa shape index (κ1) is 40.1. The van der Waals surface area contributed by atoms with Crippen LogP contribution in [0.5, 0.6) is 0 Å². The van der Waals surface area contributed by atoms with Crippen molar-refractivity contribution in [3.8, 4) is 0 Å². The molecule has 0 radical (unpaired) electrons. The lowest BCUT2D eigenvalue weighted by Crippen LogP contribution is -1.95. The Labute approximate surface area is 244 Å².